The number of ether oxygens (including phenoxy) is 1. The van der Waals surface area contributed by atoms with Crippen LogP contribution in [0.1, 0.15) is 33.7 Å². The Kier molecular flexibility index (Phi) is 6.26. The van der Waals surface area contributed by atoms with Crippen LogP contribution in [0.3, 0.4) is 0 Å². The first-order valence-electron chi connectivity index (χ1n) is 9.42. The van der Waals surface area contributed by atoms with Crippen molar-refractivity contribution >= 4 is 23.2 Å². The second-order valence-corrected chi connectivity index (χ2v) is 7.65. The Morgan fingerprint density at radius 2 is 1.73 bits per heavy atom. The van der Waals surface area contributed by atoms with Gasteiger partial charge in [-0.2, -0.15) is 4.98 Å². The molecule has 1 heterocycles. The predicted molar refractivity (Wildman–Crippen MR) is 115 cm³/mol. The van der Waals surface area contributed by atoms with Gasteiger partial charge in [-0.3, -0.25) is 0 Å². The molecular formula is C21H22ClFN4O3. The Labute approximate surface area is 177 Å². The van der Waals surface area contributed by atoms with Crippen LogP contribution in [0.4, 0.5) is 16.0 Å². The van der Waals surface area contributed by atoms with Crippen LogP contribution in [0, 0.1) is 5.82 Å². The van der Waals surface area contributed by atoms with E-state index in [1.54, 1.807) is 58.0 Å². The van der Waals surface area contributed by atoms with Gasteiger partial charge in [0, 0.05) is 22.8 Å². The largest absolute Gasteiger partial charge is 0.488 e. The summed E-state index contributed by atoms with van der Waals surface area (Å²) in [4.78, 5) is 29.6. The van der Waals surface area contributed by atoms with Crippen LogP contribution in [0.15, 0.2) is 52.1 Å². The molecule has 0 amide bonds. The summed E-state index contributed by atoms with van der Waals surface area (Å²) >= 11 is 5.96. The predicted octanol–water partition coefficient (Wildman–Crippen LogP) is 4.30. The third-order valence-corrected chi connectivity index (χ3v) is 4.42. The van der Waals surface area contributed by atoms with E-state index >= 15 is 0 Å². The van der Waals surface area contributed by atoms with Gasteiger partial charge < -0.3 is 10.1 Å². The Hall–Kier alpha value is -3.13. The Morgan fingerprint density at radius 1 is 1.07 bits per heavy atom. The van der Waals surface area contributed by atoms with Gasteiger partial charge in [0.15, 0.2) is 11.6 Å². The third kappa shape index (κ3) is 4.54. The molecule has 2 aromatic carbocycles. The summed E-state index contributed by atoms with van der Waals surface area (Å²) in [6.07, 6.45) is -0.182. The number of nitrogens with one attached hydrogen (secondary N) is 1. The quantitative estimate of drug-likeness (QED) is 0.628. The molecule has 0 saturated heterocycles. The van der Waals surface area contributed by atoms with Gasteiger partial charge in [-0.15, -0.1) is 0 Å². The van der Waals surface area contributed by atoms with Gasteiger partial charge in [0.2, 0.25) is 5.95 Å². The molecule has 30 heavy (non-hydrogen) atoms. The number of aromatic nitrogens is 3. The molecule has 9 heteroatoms. The molecule has 0 spiro atoms. The third-order valence-electron chi connectivity index (χ3n) is 4.17. The van der Waals surface area contributed by atoms with E-state index in [1.165, 1.54) is 16.7 Å². The number of anilines is 2. The van der Waals surface area contributed by atoms with E-state index in [0.717, 1.165) is 4.57 Å². The van der Waals surface area contributed by atoms with E-state index in [0.29, 0.717) is 16.4 Å². The first-order valence-corrected chi connectivity index (χ1v) is 9.80. The minimum Gasteiger partial charge on any atom is -0.488 e. The fourth-order valence-electron chi connectivity index (χ4n) is 2.88. The molecule has 0 fully saturated rings. The zero-order valence-corrected chi connectivity index (χ0v) is 17.8. The van der Waals surface area contributed by atoms with Crippen molar-refractivity contribution in [2.75, 3.05) is 5.32 Å². The minimum absolute atomic E-state index is 0.0406. The SMILES string of the molecule is CC(C)Oc1ccc(Nc2nc(=O)n(C(C)C)c(=O)n2-c2ccc(Cl)cc2)cc1F. The van der Waals surface area contributed by atoms with Gasteiger partial charge >= 0.3 is 11.4 Å². The summed E-state index contributed by atoms with van der Waals surface area (Å²) in [7, 11) is 0. The number of nitrogens with zero attached hydrogens (tertiary/aromatic N) is 3. The number of hydrogen-bond acceptors (Lipinski definition) is 5. The number of benzene rings is 2. The average Bonchev–Trinajstić information content (AvgIpc) is 2.64. The van der Waals surface area contributed by atoms with Crippen molar-refractivity contribution in [3.63, 3.8) is 0 Å². The van der Waals surface area contributed by atoms with Crippen molar-refractivity contribution in [3.8, 4) is 11.4 Å². The van der Waals surface area contributed by atoms with Gasteiger partial charge in [0.05, 0.1) is 11.8 Å². The lowest BCUT2D eigenvalue weighted by Crippen LogP contribution is -2.42. The molecule has 3 aromatic rings. The Bertz CT molecular complexity index is 1170. The zero-order valence-electron chi connectivity index (χ0n) is 17.0. The van der Waals surface area contributed by atoms with Crippen molar-refractivity contribution in [1.29, 1.82) is 0 Å². The van der Waals surface area contributed by atoms with Gasteiger partial charge in [0.1, 0.15) is 0 Å². The van der Waals surface area contributed by atoms with Crippen LogP contribution < -0.4 is 21.4 Å². The fourth-order valence-corrected chi connectivity index (χ4v) is 3.01. The number of hydrogen-bond donors (Lipinski definition) is 1. The van der Waals surface area contributed by atoms with Gasteiger partial charge in [-0.05, 0) is 64.1 Å². The van der Waals surface area contributed by atoms with Crippen molar-refractivity contribution in [2.24, 2.45) is 0 Å². The molecule has 0 bridgehead atoms. The van der Waals surface area contributed by atoms with Crippen molar-refractivity contribution in [2.45, 2.75) is 39.8 Å². The molecule has 0 aliphatic heterocycles. The second kappa shape index (κ2) is 8.71. The molecule has 1 N–H and O–H groups in total. The topological polar surface area (TPSA) is 78.2 Å². The highest BCUT2D eigenvalue weighted by atomic mass is 35.5. The summed E-state index contributed by atoms with van der Waals surface area (Å²) in [6.45, 7) is 7.02. The molecule has 7 nitrogen and oxygen atoms in total. The molecule has 0 atom stereocenters. The van der Waals surface area contributed by atoms with Crippen molar-refractivity contribution < 1.29 is 9.13 Å². The maximum absolute atomic E-state index is 14.4. The smallest absolute Gasteiger partial charge is 0.355 e. The highest BCUT2D eigenvalue weighted by molar-refractivity contribution is 6.30. The van der Waals surface area contributed by atoms with E-state index in [4.69, 9.17) is 16.3 Å². The lowest BCUT2D eigenvalue weighted by Gasteiger charge is -2.17. The lowest BCUT2D eigenvalue weighted by molar-refractivity contribution is 0.231. The normalized spacial score (nSPS) is 11.2. The Balaban J connectivity index is 2.12. The van der Waals surface area contributed by atoms with Crippen LogP contribution in [0.5, 0.6) is 5.75 Å². The molecule has 0 radical (unpaired) electrons. The maximum Gasteiger partial charge on any atom is 0.355 e. The maximum atomic E-state index is 14.4. The highest BCUT2D eigenvalue weighted by Crippen LogP contribution is 2.24. The molecule has 0 aliphatic rings. The van der Waals surface area contributed by atoms with E-state index in [-0.39, 0.29) is 17.8 Å². The van der Waals surface area contributed by atoms with Gasteiger partial charge in [0.25, 0.3) is 0 Å². The first-order chi connectivity index (χ1) is 14.2. The molecular weight excluding hydrogens is 411 g/mol. The molecule has 0 saturated carbocycles. The first kappa shape index (κ1) is 21.6. The second-order valence-electron chi connectivity index (χ2n) is 7.21. The molecule has 0 unspecified atom stereocenters. The van der Waals surface area contributed by atoms with Gasteiger partial charge in [-0.1, -0.05) is 11.6 Å². The fraction of sp³-hybridized carbons (Fsp3) is 0.286. The summed E-state index contributed by atoms with van der Waals surface area (Å²) in [5.74, 6) is -0.514. The molecule has 3 rings (SSSR count). The average molecular weight is 433 g/mol. The standard InChI is InChI=1S/C21H22ClFN4O3/c1-12(2)26-20(28)25-19(27(21(26)29)16-8-5-14(22)6-9-16)24-15-7-10-18(17(23)11-15)30-13(3)4/h5-13H,1-4H3,(H,24,25,28). The van der Waals surface area contributed by atoms with Crippen molar-refractivity contribution in [3.05, 3.63) is 74.3 Å². The minimum atomic E-state index is -0.706. The van der Waals surface area contributed by atoms with Crippen LogP contribution in [-0.4, -0.2) is 20.2 Å². The summed E-state index contributed by atoms with van der Waals surface area (Å²) in [5, 5.41) is 3.36. The monoisotopic (exact) mass is 432 g/mol. The van der Waals surface area contributed by atoms with E-state index in [9.17, 15) is 14.0 Å². The zero-order chi connectivity index (χ0) is 22.0. The van der Waals surface area contributed by atoms with E-state index in [1.807, 2.05) is 0 Å². The summed E-state index contributed by atoms with van der Waals surface area (Å²) < 4.78 is 22.1. The highest BCUT2D eigenvalue weighted by Gasteiger charge is 2.17. The Morgan fingerprint density at radius 3 is 2.30 bits per heavy atom. The lowest BCUT2D eigenvalue weighted by atomic mass is 10.3. The number of halogens is 2. The molecule has 1 aromatic heterocycles. The van der Waals surface area contributed by atoms with Crippen LogP contribution >= 0.6 is 11.6 Å². The molecule has 0 aliphatic carbocycles. The van der Waals surface area contributed by atoms with Crippen LogP contribution in [-0.2, 0) is 0 Å². The molecule has 158 valence electrons. The van der Waals surface area contributed by atoms with E-state index < -0.39 is 23.2 Å². The van der Waals surface area contributed by atoms with Gasteiger partial charge in [-0.25, -0.2) is 23.1 Å². The van der Waals surface area contributed by atoms with E-state index in [2.05, 4.69) is 10.3 Å². The summed E-state index contributed by atoms with van der Waals surface area (Å²) in [6, 6.07) is 10.4. The van der Waals surface area contributed by atoms with Crippen LogP contribution in [0.2, 0.25) is 5.02 Å². The van der Waals surface area contributed by atoms with Crippen molar-refractivity contribution in [1.82, 2.24) is 14.1 Å². The summed E-state index contributed by atoms with van der Waals surface area (Å²) in [5.41, 5.74) is -0.521. The van der Waals surface area contributed by atoms with Crippen LogP contribution in [0.25, 0.3) is 5.69 Å². The number of rotatable bonds is 6.